The van der Waals surface area contributed by atoms with Gasteiger partial charge in [0.1, 0.15) is 5.82 Å². The second-order valence-electron chi connectivity index (χ2n) is 5.73. The quantitative estimate of drug-likeness (QED) is 0.754. The van der Waals surface area contributed by atoms with Crippen LogP contribution in [0, 0.1) is 5.92 Å². The standard InChI is InChI=1S/C16H29N3O/c1-5-15(17)10-14-6-7-16(18-11-14)19(8-9-20-4)12-13(2)3/h6-7,11,13,15H,5,8-10,12,17H2,1-4H3. The first-order valence-electron chi connectivity index (χ1n) is 7.51. The molecule has 1 unspecified atom stereocenters. The minimum Gasteiger partial charge on any atom is -0.383 e. The highest BCUT2D eigenvalue weighted by Crippen LogP contribution is 2.14. The summed E-state index contributed by atoms with van der Waals surface area (Å²) in [4.78, 5) is 6.86. The lowest BCUT2D eigenvalue weighted by Crippen LogP contribution is -2.31. The predicted octanol–water partition coefficient (Wildman–Crippen LogP) is 2.47. The molecule has 0 aliphatic heterocycles. The van der Waals surface area contributed by atoms with E-state index in [9.17, 15) is 0 Å². The summed E-state index contributed by atoms with van der Waals surface area (Å²) in [7, 11) is 1.73. The van der Waals surface area contributed by atoms with Crippen LogP contribution >= 0.6 is 0 Å². The molecule has 0 saturated carbocycles. The van der Waals surface area contributed by atoms with E-state index in [4.69, 9.17) is 10.5 Å². The largest absolute Gasteiger partial charge is 0.383 e. The van der Waals surface area contributed by atoms with Crippen molar-refractivity contribution in [2.24, 2.45) is 11.7 Å². The number of nitrogens with zero attached hydrogens (tertiary/aromatic N) is 2. The van der Waals surface area contributed by atoms with Gasteiger partial charge in [-0.3, -0.25) is 0 Å². The van der Waals surface area contributed by atoms with Gasteiger partial charge in [0.25, 0.3) is 0 Å². The Morgan fingerprint density at radius 1 is 1.35 bits per heavy atom. The van der Waals surface area contributed by atoms with Crippen LogP contribution in [0.5, 0.6) is 0 Å². The van der Waals surface area contributed by atoms with Crippen LogP contribution in [0.15, 0.2) is 18.3 Å². The van der Waals surface area contributed by atoms with E-state index < -0.39 is 0 Å². The Kier molecular flexibility index (Phi) is 7.55. The van der Waals surface area contributed by atoms with E-state index in [0.29, 0.717) is 5.92 Å². The van der Waals surface area contributed by atoms with Gasteiger partial charge in [0.2, 0.25) is 0 Å². The second-order valence-corrected chi connectivity index (χ2v) is 5.73. The molecule has 114 valence electrons. The minimum atomic E-state index is 0.225. The Morgan fingerprint density at radius 3 is 2.60 bits per heavy atom. The zero-order chi connectivity index (χ0) is 15.0. The van der Waals surface area contributed by atoms with E-state index in [2.05, 4.69) is 42.8 Å². The molecule has 0 spiro atoms. The maximum atomic E-state index is 5.98. The summed E-state index contributed by atoms with van der Waals surface area (Å²) in [5.41, 5.74) is 7.19. The highest BCUT2D eigenvalue weighted by Gasteiger charge is 2.10. The topological polar surface area (TPSA) is 51.4 Å². The van der Waals surface area contributed by atoms with Crippen molar-refractivity contribution in [2.45, 2.75) is 39.7 Å². The Bertz CT molecular complexity index is 364. The number of methoxy groups -OCH3 is 1. The molecular weight excluding hydrogens is 250 g/mol. The first kappa shape index (κ1) is 16.9. The molecule has 0 bridgehead atoms. The fourth-order valence-electron chi connectivity index (χ4n) is 2.11. The van der Waals surface area contributed by atoms with Gasteiger partial charge in [-0.1, -0.05) is 26.8 Å². The summed E-state index contributed by atoms with van der Waals surface area (Å²) >= 11 is 0. The second kappa shape index (κ2) is 8.93. The lowest BCUT2D eigenvalue weighted by molar-refractivity contribution is 0.204. The summed E-state index contributed by atoms with van der Waals surface area (Å²) in [6.45, 7) is 9.13. The first-order valence-corrected chi connectivity index (χ1v) is 7.51. The number of hydrogen-bond acceptors (Lipinski definition) is 4. The minimum absolute atomic E-state index is 0.225. The number of aromatic nitrogens is 1. The van der Waals surface area contributed by atoms with Crippen molar-refractivity contribution in [1.82, 2.24) is 4.98 Å². The van der Waals surface area contributed by atoms with Gasteiger partial charge < -0.3 is 15.4 Å². The van der Waals surface area contributed by atoms with Crippen LogP contribution in [-0.2, 0) is 11.2 Å². The highest BCUT2D eigenvalue weighted by atomic mass is 16.5. The molecular formula is C16H29N3O. The van der Waals surface area contributed by atoms with E-state index >= 15 is 0 Å². The molecule has 1 heterocycles. The number of ether oxygens (including phenoxy) is 1. The van der Waals surface area contributed by atoms with E-state index in [1.54, 1.807) is 7.11 Å². The molecule has 20 heavy (non-hydrogen) atoms. The van der Waals surface area contributed by atoms with Gasteiger partial charge in [-0.2, -0.15) is 0 Å². The molecule has 1 rings (SSSR count). The van der Waals surface area contributed by atoms with E-state index in [1.165, 1.54) is 5.56 Å². The number of nitrogens with two attached hydrogens (primary N) is 1. The summed E-state index contributed by atoms with van der Waals surface area (Å²) in [5.74, 6) is 1.62. The predicted molar refractivity (Wildman–Crippen MR) is 85.1 cm³/mol. The highest BCUT2D eigenvalue weighted by molar-refractivity contribution is 5.39. The average molecular weight is 279 g/mol. The molecule has 1 aromatic heterocycles. The summed E-state index contributed by atoms with van der Waals surface area (Å²) in [5, 5.41) is 0. The van der Waals surface area contributed by atoms with Crippen molar-refractivity contribution < 1.29 is 4.74 Å². The lowest BCUT2D eigenvalue weighted by Gasteiger charge is -2.25. The van der Waals surface area contributed by atoms with E-state index in [0.717, 1.165) is 38.4 Å². The molecule has 4 heteroatoms. The van der Waals surface area contributed by atoms with Crippen molar-refractivity contribution in [3.8, 4) is 0 Å². The van der Waals surface area contributed by atoms with Crippen molar-refractivity contribution in [2.75, 3.05) is 31.7 Å². The third-order valence-electron chi connectivity index (χ3n) is 3.31. The van der Waals surface area contributed by atoms with Gasteiger partial charge in [-0.25, -0.2) is 4.98 Å². The molecule has 4 nitrogen and oxygen atoms in total. The number of anilines is 1. The van der Waals surface area contributed by atoms with Crippen molar-refractivity contribution in [3.05, 3.63) is 23.9 Å². The van der Waals surface area contributed by atoms with Gasteiger partial charge >= 0.3 is 0 Å². The molecule has 0 saturated heterocycles. The molecule has 2 N–H and O–H groups in total. The monoisotopic (exact) mass is 279 g/mol. The van der Waals surface area contributed by atoms with Crippen LogP contribution in [0.3, 0.4) is 0 Å². The fourth-order valence-corrected chi connectivity index (χ4v) is 2.11. The number of pyridine rings is 1. The molecule has 1 atom stereocenters. The van der Waals surface area contributed by atoms with Gasteiger partial charge in [-0.15, -0.1) is 0 Å². The maximum Gasteiger partial charge on any atom is 0.128 e. The van der Waals surface area contributed by atoms with Gasteiger partial charge in [0.15, 0.2) is 0 Å². The lowest BCUT2D eigenvalue weighted by atomic mass is 10.1. The van der Waals surface area contributed by atoms with E-state index in [-0.39, 0.29) is 6.04 Å². The van der Waals surface area contributed by atoms with Crippen molar-refractivity contribution >= 4 is 5.82 Å². The van der Waals surface area contributed by atoms with Gasteiger partial charge in [0.05, 0.1) is 6.61 Å². The summed E-state index contributed by atoms with van der Waals surface area (Å²) in [6, 6.07) is 4.45. The van der Waals surface area contributed by atoms with E-state index in [1.807, 2.05) is 6.20 Å². The Hall–Kier alpha value is -1.13. The van der Waals surface area contributed by atoms with Crippen LogP contribution in [0.4, 0.5) is 5.82 Å². The zero-order valence-electron chi connectivity index (χ0n) is 13.3. The Labute approximate surface area is 123 Å². The number of hydrogen-bond donors (Lipinski definition) is 1. The normalized spacial score (nSPS) is 12.7. The molecule has 0 fully saturated rings. The smallest absolute Gasteiger partial charge is 0.128 e. The molecule has 0 radical (unpaired) electrons. The molecule has 0 amide bonds. The van der Waals surface area contributed by atoms with Gasteiger partial charge in [0, 0.05) is 32.4 Å². The fraction of sp³-hybridized carbons (Fsp3) is 0.688. The summed E-state index contributed by atoms with van der Waals surface area (Å²) in [6.07, 6.45) is 3.84. The summed E-state index contributed by atoms with van der Waals surface area (Å²) < 4.78 is 5.18. The van der Waals surface area contributed by atoms with Crippen LogP contribution in [0.1, 0.15) is 32.8 Å². The first-order chi connectivity index (χ1) is 9.56. The molecule has 1 aromatic rings. The zero-order valence-corrected chi connectivity index (χ0v) is 13.3. The van der Waals surface area contributed by atoms with Crippen molar-refractivity contribution in [3.63, 3.8) is 0 Å². The molecule has 0 aliphatic rings. The van der Waals surface area contributed by atoms with Crippen LogP contribution in [-0.4, -0.2) is 37.8 Å². The average Bonchev–Trinajstić information content (AvgIpc) is 2.44. The van der Waals surface area contributed by atoms with Crippen LogP contribution < -0.4 is 10.6 Å². The van der Waals surface area contributed by atoms with Crippen molar-refractivity contribution in [1.29, 1.82) is 0 Å². The third kappa shape index (κ3) is 5.88. The SMILES string of the molecule is CCC(N)Cc1ccc(N(CCOC)CC(C)C)nc1. The Morgan fingerprint density at radius 2 is 2.10 bits per heavy atom. The van der Waals surface area contributed by atoms with Crippen LogP contribution in [0.25, 0.3) is 0 Å². The maximum absolute atomic E-state index is 5.98. The molecule has 0 aliphatic carbocycles. The molecule has 0 aromatic carbocycles. The van der Waals surface area contributed by atoms with Gasteiger partial charge in [-0.05, 0) is 30.4 Å². The Balaban J connectivity index is 2.70. The van der Waals surface area contributed by atoms with Crippen LogP contribution in [0.2, 0.25) is 0 Å². The number of rotatable bonds is 9. The third-order valence-corrected chi connectivity index (χ3v) is 3.31.